The molecule has 28 heavy (non-hydrogen) atoms. The molecule has 5 nitrogen and oxygen atoms in total. The van der Waals surface area contributed by atoms with Crippen molar-refractivity contribution in [1.29, 1.82) is 0 Å². The Bertz CT molecular complexity index is 967. The molecule has 7 heteroatoms. The molecule has 3 aromatic rings. The lowest BCUT2D eigenvalue weighted by molar-refractivity contribution is 0.495. The number of guanidine groups is 1. The number of aliphatic imine (C=N–C) groups is 1. The maximum atomic E-state index is 13.9. The van der Waals surface area contributed by atoms with E-state index in [1.54, 1.807) is 20.2 Å². The van der Waals surface area contributed by atoms with Gasteiger partial charge in [0, 0.05) is 24.2 Å². The number of halogens is 2. The average Bonchev–Trinajstić information content (AvgIpc) is 3.14. The molecule has 1 unspecified atom stereocenters. The first-order chi connectivity index (χ1) is 13.5. The van der Waals surface area contributed by atoms with Crippen molar-refractivity contribution in [2.75, 3.05) is 7.05 Å². The molecule has 0 bridgehead atoms. The van der Waals surface area contributed by atoms with E-state index in [1.165, 1.54) is 17.7 Å². The Kier molecular flexibility index (Phi) is 6.03. The molecule has 0 amide bonds. The molecule has 0 saturated carbocycles. The molecular weight excluding hydrogens is 362 g/mol. The Morgan fingerprint density at radius 2 is 1.93 bits per heavy atom. The fourth-order valence-electron chi connectivity index (χ4n) is 2.73. The van der Waals surface area contributed by atoms with E-state index < -0.39 is 17.7 Å². The summed E-state index contributed by atoms with van der Waals surface area (Å²) in [5.41, 5.74) is 2.47. The number of oxazole rings is 1. The molecule has 2 N–H and O–H groups in total. The standard InChI is InChI=1S/C21H22F2N4O/c1-13-4-6-15(7-5-13)19-11-25-20(28-19)12-26-21(24-3)27-14(2)17-9-8-16(22)10-18(17)23/h4-11,14H,12H2,1-3H3,(H2,24,26,27). The van der Waals surface area contributed by atoms with Crippen molar-refractivity contribution < 1.29 is 13.2 Å². The van der Waals surface area contributed by atoms with E-state index in [0.29, 0.717) is 29.7 Å². The van der Waals surface area contributed by atoms with Crippen molar-refractivity contribution in [3.05, 3.63) is 77.3 Å². The Morgan fingerprint density at radius 1 is 1.18 bits per heavy atom. The highest BCUT2D eigenvalue weighted by molar-refractivity contribution is 5.80. The topological polar surface area (TPSA) is 62.5 Å². The number of aryl methyl sites for hydroxylation is 1. The predicted octanol–water partition coefficient (Wildman–Crippen LogP) is 4.35. The van der Waals surface area contributed by atoms with E-state index in [4.69, 9.17) is 4.42 Å². The van der Waals surface area contributed by atoms with Crippen LogP contribution in [-0.4, -0.2) is 18.0 Å². The minimum atomic E-state index is -0.607. The smallest absolute Gasteiger partial charge is 0.214 e. The lowest BCUT2D eigenvalue weighted by atomic mass is 10.1. The first-order valence-electron chi connectivity index (χ1n) is 8.90. The van der Waals surface area contributed by atoms with Gasteiger partial charge in [-0.1, -0.05) is 35.9 Å². The van der Waals surface area contributed by atoms with Gasteiger partial charge in [-0.15, -0.1) is 0 Å². The molecule has 0 aliphatic heterocycles. The number of rotatable bonds is 5. The molecule has 1 aromatic heterocycles. The summed E-state index contributed by atoms with van der Waals surface area (Å²) < 4.78 is 32.8. The number of nitrogens with zero attached hydrogens (tertiary/aromatic N) is 2. The highest BCUT2D eigenvalue weighted by Gasteiger charge is 2.14. The summed E-state index contributed by atoms with van der Waals surface area (Å²) in [4.78, 5) is 8.39. The molecule has 0 aliphatic carbocycles. The molecule has 0 fully saturated rings. The fourth-order valence-corrected chi connectivity index (χ4v) is 2.73. The van der Waals surface area contributed by atoms with Gasteiger partial charge in [0.25, 0.3) is 0 Å². The van der Waals surface area contributed by atoms with Gasteiger partial charge in [0.1, 0.15) is 11.6 Å². The number of aromatic nitrogens is 1. The van der Waals surface area contributed by atoms with Crippen LogP contribution in [-0.2, 0) is 6.54 Å². The quantitative estimate of drug-likeness (QED) is 0.507. The van der Waals surface area contributed by atoms with Crippen molar-refractivity contribution in [2.45, 2.75) is 26.4 Å². The third-order valence-electron chi connectivity index (χ3n) is 4.30. The molecule has 2 aromatic carbocycles. The maximum absolute atomic E-state index is 13.9. The van der Waals surface area contributed by atoms with Gasteiger partial charge in [0.15, 0.2) is 11.7 Å². The van der Waals surface area contributed by atoms with Crippen LogP contribution in [0.15, 0.2) is 58.1 Å². The van der Waals surface area contributed by atoms with Crippen LogP contribution in [0.25, 0.3) is 11.3 Å². The van der Waals surface area contributed by atoms with Gasteiger partial charge >= 0.3 is 0 Å². The Balaban J connectivity index is 1.60. The van der Waals surface area contributed by atoms with Crippen molar-refractivity contribution in [3.8, 4) is 11.3 Å². The zero-order valence-electron chi connectivity index (χ0n) is 16.0. The molecule has 1 heterocycles. The lowest BCUT2D eigenvalue weighted by Gasteiger charge is -2.18. The average molecular weight is 384 g/mol. The molecule has 3 rings (SSSR count). The number of hydrogen-bond donors (Lipinski definition) is 2. The summed E-state index contributed by atoms with van der Waals surface area (Å²) in [6, 6.07) is 11.1. The first-order valence-corrected chi connectivity index (χ1v) is 8.90. The van der Waals surface area contributed by atoms with Crippen LogP contribution < -0.4 is 10.6 Å². The van der Waals surface area contributed by atoms with Crippen molar-refractivity contribution >= 4 is 5.96 Å². The highest BCUT2D eigenvalue weighted by Crippen LogP contribution is 2.21. The minimum Gasteiger partial charge on any atom is -0.439 e. The highest BCUT2D eigenvalue weighted by atomic mass is 19.1. The zero-order valence-corrected chi connectivity index (χ0v) is 16.0. The van der Waals surface area contributed by atoms with Crippen molar-refractivity contribution in [2.24, 2.45) is 4.99 Å². The van der Waals surface area contributed by atoms with Crippen molar-refractivity contribution in [1.82, 2.24) is 15.6 Å². The van der Waals surface area contributed by atoms with Crippen LogP contribution in [0.4, 0.5) is 8.78 Å². The summed E-state index contributed by atoms with van der Waals surface area (Å²) in [6.45, 7) is 4.10. The fraction of sp³-hybridized carbons (Fsp3) is 0.238. The second-order valence-corrected chi connectivity index (χ2v) is 6.44. The third kappa shape index (κ3) is 4.73. The van der Waals surface area contributed by atoms with Crippen LogP contribution in [0.5, 0.6) is 0 Å². The molecule has 1 atom stereocenters. The molecule has 0 radical (unpaired) electrons. The van der Waals surface area contributed by atoms with E-state index in [0.717, 1.165) is 11.6 Å². The third-order valence-corrected chi connectivity index (χ3v) is 4.30. The number of hydrogen-bond acceptors (Lipinski definition) is 3. The van der Waals surface area contributed by atoms with Gasteiger partial charge in [0.05, 0.1) is 18.8 Å². The van der Waals surface area contributed by atoms with Gasteiger partial charge in [-0.3, -0.25) is 4.99 Å². The normalized spacial score (nSPS) is 12.7. The van der Waals surface area contributed by atoms with Gasteiger partial charge in [-0.25, -0.2) is 13.8 Å². The molecule has 146 valence electrons. The Labute approximate surface area is 162 Å². The van der Waals surface area contributed by atoms with Crippen LogP contribution in [0.3, 0.4) is 0 Å². The predicted molar refractivity (Wildman–Crippen MR) is 105 cm³/mol. The molecular formula is C21H22F2N4O. The second-order valence-electron chi connectivity index (χ2n) is 6.44. The minimum absolute atomic E-state index is 0.310. The summed E-state index contributed by atoms with van der Waals surface area (Å²) >= 11 is 0. The number of nitrogens with one attached hydrogen (secondary N) is 2. The first kappa shape index (κ1) is 19.5. The largest absolute Gasteiger partial charge is 0.439 e. The van der Waals surface area contributed by atoms with Crippen LogP contribution in [0, 0.1) is 18.6 Å². The monoisotopic (exact) mass is 384 g/mol. The second kappa shape index (κ2) is 8.65. The summed E-state index contributed by atoms with van der Waals surface area (Å²) in [6.07, 6.45) is 1.67. The van der Waals surface area contributed by atoms with E-state index in [2.05, 4.69) is 20.6 Å². The number of benzene rings is 2. The van der Waals surface area contributed by atoms with Gasteiger partial charge < -0.3 is 15.1 Å². The molecule has 0 spiro atoms. The molecule has 0 aliphatic rings. The summed E-state index contributed by atoms with van der Waals surface area (Å²) in [5.74, 6) is 0.419. The van der Waals surface area contributed by atoms with Crippen LogP contribution in [0.2, 0.25) is 0 Å². The zero-order chi connectivity index (χ0) is 20.1. The van der Waals surface area contributed by atoms with E-state index in [-0.39, 0.29) is 0 Å². The van der Waals surface area contributed by atoms with Gasteiger partial charge in [0.2, 0.25) is 5.89 Å². The summed E-state index contributed by atoms with van der Waals surface area (Å²) in [5, 5.41) is 6.14. The van der Waals surface area contributed by atoms with Crippen LogP contribution >= 0.6 is 0 Å². The van der Waals surface area contributed by atoms with Crippen molar-refractivity contribution in [3.63, 3.8) is 0 Å². The SMILES string of the molecule is CN=C(NCc1ncc(-c2ccc(C)cc2)o1)NC(C)c1ccc(F)cc1F. The van der Waals surface area contributed by atoms with Gasteiger partial charge in [-0.05, 0) is 19.9 Å². The molecule has 0 saturated heterocycles. The Hall–Kier alpha value is -3.22. The van der Waals surface area contributed by atoms with E-state index in [1.807, 2.05) is 31.2 Å². The van der Waals surface area contributed by atoms with Gasteiger partial charge in [-0.2, -0.15) is 0 Å². The maximum Gasteiger partial charge on any atom is 0.214 e. The Morgan fingerprint density at radius 3 is 2.61 bits per heavy atom. The van der Waals surface area contributed by atoms with E-state index in [9.17, 15) is 8.78 Å². The van der Waals surface area contributed by atoms with E-state index >= 15 is 0 Å². The lowest BCUT2D eigenvalue weighted by Crippen LogP contribution is -2.38. The summed E-state index contributed by atoms with van der Waals surface area (Å²) in [7, 11) is 1.61. The van der Waals surface area contributed by atoms with Crippen LogP contribution in [0.1, 0.15) is 30.0 Å².